The summed E-state index contributed by atoms with van der Waals surface area (Å²) in [5.74, 6) is 0.463. The van der Waals surface area contributed by atoms with E-state index in [0.717, 1.165) is 17.5 Å². The number of halogens is 1. The zero-order chi connectivity index (χ0) is 15.5. The molecule has 0 aromatic heterocycles. The number of ether oxygens (including phenoxy) is 1. The number of sulfonamides is 1. The summed E-state index contributed by atoms with van der Waals surface area (Å²) in [5.41, 5.74) is 1.78. The molecule has 1 aromatic carbocycles. The van der Waals surface area contributed by atoms with Crippen molar-refractivity contribution < 1.29 is 13.2 Å². The Kier molecular flexibility index (Phi) is 5.66. The first kappa shape index (κ1) is 16.7. The van der Waals surface area contributed by atoms with Gasteiger partial charge in [-0.15, -0.1) is 11.6 Å². The first-order valence-electron chi connectivity index (χ1n) is 7.21. The Morgan fingerprint density at radius 3 is 2.48 bits per heavy atom. The molecule has 1 saturated heterocycles. The molecular formula is C15H22ClNO3S. The van der Waals surface area contributed by atoms with E-state index in [2.05, 4.69) is 0 Å². The van der Waals surface area contributed by atoms with Crippen molar-refractivity contribution in [2.75, 3.05) is 13.2 Å². The maximum absolute atomic E-state index is 12.7. The molecule has 0 N–H and O–H groups in total. The smallest absolute Gasteiger partial charge is 0.218 e. The summed E-state index contributed by atoms with van der Waals surface area (Å²) in [6.07, 6.45) is 0.707. The van der Waals surface area contributed by atoms with Gasteiger partial charge < -0.3 is 4.74 Å². The Bertz CT molecular complexity index is 559. The van der Waals surface area contributed by atoms with Gasteiger partial charge in [0.25, 0.3) is 0 Å². The molecule has 2 atom stereocenters. The molecule has 6 heteroatoms. The number of rotatable bonds is 5. The number of hydrogen-bond acceptors (Lipinski definition) is 3. The van der Waals surface area contributed by atoms with Crippen LogP contribution in [-0.4, -0.2) is 38.0 Å². The zero-order valence-electron chi connectivity index (χ0n) is 12.5. The molecule has 2 unspecified atom stereocenters. The van der Waals surface area contributed by atoms with Gasteiger partial charge in [-0.1, -0.05) is 31.2 Å². The molecule has 2 rings (SSSR count). The Labute approximate surface area is 132 Å². The molecule has 1 aromatic rings. The minimum atomic E-state index is -3.33. The lowest BCUT2D eigenvalue weighted by Gasteiger charge is -2.37. The van der Waals surface area contributed by atoms with Crippen LogP contribution in [0.2, 0.25) is 0 Å². The SMILES string of the molecule is CCC1COC(C)CN1S(=O)(=O)Cc1ccc(CCl)cc1. The summed E-state index contributed by atoms with van der Waals surface area (Å²) >= 11 is 5.75. The average molecular weight is 332 g/mol. The Hall–Kier alpha value is -0.620. The van der Waals surface area contributed by atoms with Gasteiger partial charge in [-0.3, -0.25) is 0 Å². The molecule has 4 nitrogen and oxygen atoms in total. The third-order valence-electron chi connectivity index (χ3n) is 3.77. The molecule has 0 aliphatic carbocycles. The second kappa shape index (κ2) is 7.09. The lowest BCUT2D eigenvalue weighted by atomic mass is 10.2. The van der Waals surface area contributed by atoms with Gasteiger partial charge in [-0.2, -0.15) is 4.31 Å². The van der Waals surface area contributed by atoms with E-state index >= 15 is 0 Å². The van der Waals surface area contributed by atoms with Gasteiger partial charge in [0.05, 0.1) is 18.5 Å². The van der Waals surface area contributed by atoms with Crippen molar-refractivity contribution >= 4 is 21.6 Å². The maximum Gasteiger partial charge on any atom is 0.218 e. The van der Waals surface area contributed by atoms with Crippen LogP contribution in [0.4, 0.5) is 0 Å². The molecule has 0 spiro atoms. The fourth-order valence-corrected chi connectivity index (χ4v) is 4.55. The van der Waals surface area contributed by atoms with Gasteiger partial charge in [-0.25, -0.2) is 8.42 Å². The lowest BCUT2D eigenvalue weighted by Crippen LogP contribution is -2.51. The van der Waals surface area contributed by atoms with E-state index in [1.807, 2.05) is 38.1 Å². The molecular weight excluding hydrogens is 310 g/mol. The van der Waals surface area contributed by atoms with Crippen LogP contribution < -0.4 is 0 Å². The lowest BCUT2D eigenvalue weighted by molar-refractivity contribution is -0.0231. The minimum Gasteiger partial charge on any atom is -0.375 e. The van der Waals surface area contributed by atoms with Crippen molar-refractivity contribution in [2.45, 2.75) is 44.0 Å². The van der Waals surface area contributed by atoms with Crippen LogP contribution in [0, 0.1) is 0 Å². The highest BCUT2D eigenvalue weighted by Crippen LogP contribution is 2.21. The molecule has 1 aliphatic heterocycles. The van der Waals surface area contributed by atoms with Crippen LogP contribution in [0.15, 0.2) is 24.3 Å². The summed E-state index contributed by atoms with van der Waals surface area (Å²) in [4.78, 5) is 0. The van der Waals surface area contributed by atoms with Gasteiger partial charge >= 0.3 is 0 Å². The minimum absolute atomic E-state index is 0.0266. The highest BCUT2D eigenvalue weighted by molar-refractivity contribution is 7.88. The normalized spacial score (nSPS) is 24.1. The summed E-state index contributed by atoms with van der Waals surface area (Å²) in [7, 11) is -3.33. The number of benzene rings is 1. The molecule has 21 heavy (non-hydrogen) atoms. The first-order chi connectivity index (χ1) is 9.96. The molecule has 0 radical (unpaired) electrons. The largest absolute Gasteiger partial charge is 0.375 e. The second-order valence-electron chi connectivity index (χ2n) is 5.48. The highest BCUT2D eigenvalue weighted by Gasteiger charge is 2.34. The van der Waals surface area contributed by atoms with Gasteiger partial charge in [0, 0.05) is 18.5 Å². The van der Waals surface area contributed by atoms with E-state index in [1.54, 1.807) is 4.31 Å². The molecule has 0 amide bonds. The van der Waals surface area contributed by atoms with Gasteiger partial charge in [-0.05, 0) is 24.5 Å². The Morgan fingerprint density at radius 1 is 1.29 bits per heavy atom. The summed E-state index contributed by atoms with van der Waals surface area (Å²) in [5, 5.41) is 0. The number of nitrogens with zero attached hydrogens (tertiary/aromatic N) is 1. The van der Waals surface area contributed by atoms with Gasteiger partial charge in [0.1, 0.15) is 0 Å². The van der Waals surface area contributed by atoms with Crippen molar-refractivity contribution in [3.63, 3.8) is 0 Å². The van der Waals surface area contributed by atoms with Crippen molar-refractivity contribution in [1.82, 2.24) is 4.31 Å². The van der Waals surface area contributed by atoms with E-state index in [0.29, 0.717) is 19.0 Å². The van der Waals surface area contributed by atoms with Crippen LogP contribution >= 0.6 is 11.6 Å². The van der Waals surface area contributed by atoms with Crippen LogP contribution in [0.5, 0.6) is 0 Å². The van der Waals surface area contributed by atoms with Crippen LogP contribution in [-0.2, 0) is 26.4 Å². The van der Waals surface area contributed by atoms with E-state index in [9.17, 15) is 8.42 Å². The number of morpholine rings is 1. The molecule has 0 saturated carbocycles. The Morgan fingerprint density at radius 2 is 1.90 bits per heavy atom. The highest BCUT2D eigenvalue weighted by atomic mass is 35.5. The third kappa shape index (κ3) is 4.19. The van der Waals surface area contributed by atoms with Crippen LogP contribution in [0.3, 0.4) is 0 Å². The predicted molar refractivity (Wildman–Crippen MR) is 84.8 cm³/mol. The molecule has 1 fully saturated rings. The summed E-state index contributed by atoms with van der Waals surface area (Å²) < 4.78 is 32.5. The van der Waals surface area contributed by atoms with E-state index in [4.69, 9.17) is 16.3 Å². The molecule has 0 bridgehead atoms. The third-order valence-corrected chi connectivity index (χ3v) is 5.94. The standard InChI is InChI=1S/C15H22ClNO3S/c1-3-15-10-20-12(2)9-17(15)21(18,19)11-14-6-4-13(8-16)5-7-14/h4-7,12,15H,3,8-11H2,1-2H3. The van der Waals surface area contributed by atoms with Crippen LogP contribution in [0.1, 0.15) is 31.4 Å². The van der Waals surface area contributed by atoms with Crippen molar-refractivity contribution in [2.24, 2.45) is 0 Å². The molecule has 118 valence electrons. The van der Waals surface area contributed by atoms with Gasteiger partial charge in [0.2, 0.25) is 10.0 Å². The van der Waals surface area contributed by atoms with Crippen LogP contribution in [0.25, 0.3) is 0 Å². The van der Waals surface area contributed by atoms with Gasteiger partial charge in [0.15, 0.2) is 0 Å². The quantitative estimate of drug-likeness (QED) is 0.779. The first-order valence-corrected chi connectivity index (χ1v) is 9.35. The van der Waals surface area contributed by atoms with E-state index in [-0.39, 0.29) is 17.9 Å². The molecule has 1 heterocycles. The predicted octanol–water partition coefficient (Wildman–Crippen LogP) is 2.75. The maximum atomic E-state index is 12.7. The fourth-order valence-electron chi connectivity index (χ4n) is 2.49. The Balaban J connectivity index is 2.15. The van der Waals surface area contributed by atoms with Crippen molar-refractivity contribution in [1.29, 1.82) is 0 Å². The van der Waals surface area contributed by atoms with E-state index in [1.165, 1.54) is 0 Å². The number of alkyl halides is 1. The monoisotopic (exact) mass is 331 g/mol. The van der Waals surface area contributed by atoms with Crippen molar-refractivity contribution in [3.05, 3.63) is 35.4 Å². The zero-order valence-corrected chi connectivity index (χ0v) is 14.0. The molecule has 1 aliphatic rings. The topological polar surface area (TPSA) is 46.6 Å². The summed E-state index contributed by atoms with van der Waals surface area (Å²) in [6.45, 7) is 4.80. The fraction of sp³-hybridized carbons (Fsp3) is 0.600. The second-order valence-corrected chi connectivity index (χ2v) is 7.67. The van der Waals surface area contributed by atoms with Crippen molar-refractivity contribution in [3.8, 4) is 0 Å². The summed E-state index contributed by atoms with van der Waals surface area (Å²) in [6, 6.07) is 7.35. The number of hydrogen-bond donors (Lipinski definition) is 0. The van der Waals surface area contributed by atoms with E-state index < -0.39 is 10.0 Å². The average Bonchev–Trinajstić information content (AvgIpc) is 2.47.